The maximum atomic E-state index is 13.7. The highest BCUT2D eigenvalue weighted by Crippen LogP contribution is 2.43. The van der Waals surface area contributed by atoms with Gasteiger partial charge in [0.15, 0.2) is 0 Å². The third-order valence-electron chi connectivity index (χ3n) is 4.98. The van der Waals surface area contributed by atoms with Crippen LogP contribution in [0, 0.1) is 11.3 Å². The van der Waals surface area contributed by atoms with Gasteiger partial charge in [0, 0.05) is 23.2 Å². The molecule has 1 saturated heterocycles. The van der Waals surface area contributed by atoms with E-state index in [2.05, 4.69) is 12.2 Å². The monoisotopic (exact) mass is 475 g/mol. The Morgan fingerprint density at radius 3 is 2.40 bits per heavy atom. The zero-order chi connectivity index (χ0) is 22.1. The number of halogens is 6. The van der Waals surface area contributed by atoms with E-state index in [0.29, 0.717) is 11.5 Å². The van der Waals surface area contributed by atoms with Crippen molar-refractivity contribution in [1.29, 1.82) is 5.41 Å². The third kappa shape index (κ3) is 5.05. The number of hydrogen-bond donors (Lipinski definition) is 2. The summed E-state index contributed by atoms with van der Waals surface area (Å²) in [5, 5.41) is 10.6. The normalized spacial score (nSPS) is 20.2. The van der Waals surface area contributed by atoms with Crippen LogP contribution < -0.4 is 5.32 Å². The van der Waals surface area contributed by atoms with Gasteiger partial charge < -0.3 is 10.2 Å². The fraction of sp³-hybridized carbons (Fsp3) is 0.286. The maximum Gasteiger partial charge on any atom is 0.399 e. The minimum atomic E-state index is -4.56. The number of nitrogens with one attached hydrogen (secondary N) is 2. The Bertz CT molecular complexity index is 945. The van der Waals surface area contributed by atoms with E-state index in [1.54, 1.807) is 24.3 Å². The van der Waals surface area contributed by atoms with E-state index in [0.717, 1.165) is 18.3 Å². The number of nitrogens with zero attached hydrogens (tertiary/aromatic N) is 1. The van der Waals surface area contributed by atoms with Gasteiger partial charge in [-0.3, -0.25) is 5.41 Å². The zero-order valence-electron chi connectivity index (χ0n) is 15.9. The molecular weight excluding hydrogens is 458 g/mol. The molecule has 1 aliphatic heterocycles. The molecule has 0 saturated carbocycles. The molecule has 0 amide bonds. The molecule has 0 aromatic heterocycles. The van der Waals surface area contributed by atoms with Crippen LogP contribution >= 0.6 is 34.8 Å². The molecule has 3 unspecified atom stereocenters. The van der Waals surface area contributed by atoms with Crippen LogP contribution in [0.4, 0.5) is 18.9 Å². The van der Waals surface area contributed by atoms with Gasteiger partial charge in [0.1, 0.15) is 6.17 Å². The van der Waals surface area contributed by atoms with Gasteiger partial charge in [0.25, 0.3) is 0 Å². The summed E-state index contributed by atoms with van der Waals surface area (Å²) < 4.78 is 41.0. The molecule has 1 aliphatic rings. The Labute approximate surface area is 187 Å². The summed E-state index contributed by atoms with van der Waals surface area (Å²) in [5.41, 5.74) is 1.24. The third-order valence-corrected chi connectivity index (χ3v) is 6.01. The molecule has 3 atom stereocenters. The van der Waals surface area contributed by atoms with E-state index < -0.39 is 12.1 Å². The van der Waals surface area contributed by atoms with Crippen LogP contribution in [0.2, 0.25) is 15.1 Å². The van der Waals surface area contributed by atoms with Crippen LogP contribution in [0.25, 0.3) is 6.08 Å². The first-order valence-electron chi connectivity index (χ1n) is 9.12. The van der Waals surface area contributed by atoms with Crippen LogP contribution in [0.15, 0.2) is 42.5 Å². The van der Waals surface area contributed by atoms with Crippen LogP contribution in [-0.2, 0) is 0 Å². The number of allylic oxidation sites excluding steroid dienone is 1. The number of alkyl halides is 3. The Morgan fingerprint density at radius 1 is 1.17 bits per heavy atom. The first-order valence-corrected chi connectivity index (χ1v) is 10.3. The Kier molecular flexibility index (Phi) is 6.90. The summed E-state index contributed by atoms with van der Waals surface area (Å²) in [6, 6.07) is 9.51. The van der Waals surface area contributed by atoms with Gasteiger partial charge in [-0.05, 0) is 35.4 Å². The van der Waals surface area contributed by atoms with Crippen LogP contribution in [-0.4, -0.2) is 30.1 Å². The van der Waals surface area contributed by atoms with Gasteiger partial charge in [-0.25, -0.2) is 0 Å². The molecule has 0 aliphatic carbocycles. The van der Waals surface area contributed by atoms with Crippen molar-refractivity contribution in [2.75, 3.05) is 11.9 Å². The summed E-state index contributed by atoms with van der Waals surface area (Å²) in [4.78, 5) is 1.87. The molecule has 3 rings (SSSR count). The average molecular weight is 477 g/mol. The number of rotatable bonds is 6. The predicted molar refractivity (Wildman–Crippen MR) is 118 cm³/mol. The van der Waals surface area contributed by atoms with Crippen molar-refractivity contribution in [3.63, 3.8) is 0 Å². The number of benzene rings is 2. The second-order valence-electron chi connectivity index (χ2n) is 7.18. The molecule has 0 spiro atoms. The van der Waals surface area contributed by atoms with E-state index in [1.165, 1.54) is 24.5 Å². The Morgan fingerprint density at radius 2 is 1.83 bits per heavy atom. The second kappa shape index (κ2) is 9.08. The number of likely N-dealkylation sites (tertiary alicyclic amines) is 1. The summed E-state index contributed by atoms with van der Waals surface area (Å²) >= 11 is 17.8. The summed E-state index contributed by atoms with van der Waals surface area (Å²) in [7, 11) is 0. The van der Waals surface area contributed by atoms with Crippen LogP contribution in [0.1, 0.15) is 24.0 Å². The van der Waals surface area contributed by atoms with Crippen molar-refractivity contribution in [1.82, 2.24) is 4.90 Å². The minimum absolute atomic E-state index is 0.0264. The van der Waals surface area contributed by atoms with E-state index in [9.17, 15) is 13.2 Å². The van der Waals surface area contributed by atoms with Gasteiger partial charge in [0.2, 0.25) is 0 Å². The quantitative estimate of drug-likeness (QED) is 0.261. The standard InChI is InChI=1S/C21H19Cl3F3N3/c1-12-10-30(11-28)20(12)29-15-5-2-13(3-6-15)4-7-17(21(25,26)27)16-8-14(22)9-18(23)19(16)24/h2-9,11-12,17,20,28-29H,10H2,1H3. The second-order valence-corrected chi connectivity index (χ2v) is 8.41. The van der Waals surface area contributed by atoms with Gasteiger partial charge in [-0.1, -0.05) is 66.0 Å². The molecule has 0 radical (unpaired) electrons. The van der Waals surface area contributed by atoms with Gasteiger partial charge in [-0.2, -0.15) is 13.2 Å². The fourth-order valence-corrected chi connectivity index (χ4v) is 4.09. The first kappa shape index (κ1) is 22.8. The molecular formula is C21H19Cl3F3N3. The van der Waals surface area contributed by atoms with Gasteiger partial charge >= 0.3 is 6.18 Å². The average Bonchev–Trinajstić information content (AvgIpc) is 2.67. The van der Waals surface area contributed by atoms with E-state index in [1.807, 2.05) is 4.90 Å². The largest absolute Gasteiger partial charge is 0.399 e. The zero-order valence-corrected chi connectivity index (χ0v) is 18.1. The van der Waals surface area contributed by atoms with Gasteiger partial charge in [0.05, 0.1) is 22.3 Å². The molecule has 1 fully saturated rings. The lowest BCUT2D eigenvalue weighted by atomic mass is 9.96. The molecule has 30 heavy (non-hydrogen) atoms. The molecule has 160 valence electrons. The van der Waals surface area contributed by atoms with Gasteiger partial charge in [-0.15, -0.1) is 0 Å². The van der Waals surface area contributed by atoms with Crippen molar-refractivity contribution in [2.24, 2.45) is 5.92 Å². The fourth-order valence-electron chi connectivity index (χ4n) is 3.35. The predicted octanol–water partition coefficient (Wildman–Crippen LogP) is 7.30. The minimum Gasteiger partial charge on any atom is -0.365 e. The molecule has 9 heteroatoms. The van der Waals surface area contributed by atoms with E-state index in [4.69, 9.17) is 40.2 Å². The Balaban J connectivity index is 1.79. The van der Waals surface area contributed by atoms with Crippen molar-refractivity contribution >= 4 is 52.9 Å². The lowest BCUT2D eigenvalue weighted by molar-refractivity contribution is -0.139. The molecule has 3 nitrogen and oxygen atoms in total. The van der Waals surface area contributed by atoms with Crippen molar-refractivity contribution in [2.45, 2.75) is 25.2 Å². The number of hydrogen-bond acceptors (Lipinski definition) is 2. The topological polar surface area (TPSA) is 39.1 Å². The number of anilines is 1. The highest BCUT2D eigenvalue weighted by Gasteiger charge is 2.40. The molecule has 2 aromatic rings. The SMILES string of the molecule is CC1CN(C=N)C1Nc1ccc(C=CC(c2cc(Cl)cc(Cl)c2Cl)C(F)(F)F)cc1. The van der Waals surface area contributed by atoms with E-state index in [-0.39, 0.29) is 26.8 Å². The van der Waals surface area contributed by atoms with Crippen molar-refractivity contribution < 1.29 is 13.2 Å². The molecule has 1 heterocycles. The summed E-state index contributed by atoms with van der Waals surface area (Å²) in [6.45, 7) is 2.90. The first-order chi connectivity index (χ1) is 14.1. The van der Waals surface area contributed by atoms with Crippen molar-refractivity contribution in [3.8, 4) is 0 Å². The lowest BCUT2D eigenvalue weighted by Crippen LogP contribution is -2.58. The van der Waals surface area contributed by atoms with Crippen molar-refractivity contribution in [3.05, 3.63) is 68.7 Å². The lowest BCUT2D eigenvalue weighted by Gasteiger charge is -2.46. The molecule has 2 N–H and O–H groups in total. The van der Waals surface area contributed by atoms with Crippen LogP contribution in [0.3, 0.4) is 0 Å². The van der Waals surface area contributed by atoms with E-state index >= 15 is 0 Å². The highest BCUT2D eigenvalue weighted by molar-refractivity contribution is 6.43. The van der Waals surface area contributed by atoms with Crippen LogP contribution in [0.5, 0.6) is 0 Å². The molecule has 2 aromatic carbocycles. The Hall–Kier alpha value is -1.89. The smallest absolute Gasteiger partial charge is 0.365 e. The summed E-state index contributed by atoms with van der Waals surface area (Å²) in [5.74, 6) is -1.55. The summed E-state index contributed by atoms with van der Waals surface area (Å²) in [6.07, 6.45) is -0.802. The molecule has 0 bridgehead atoms. The highest BCUT2D eigenvalue weighted by atomic mass is 35.5. The maximum absolute atomic E-state index is 13.7.